The second-order valence-corrected chi connectivity index (χ2v) is 7.38. The van der Waals surface area contributed by atoms with Crippen molar-refractivity contribution in [3.63, 3.8) is 0 Å². The van der Waals surface area contributed by atoms with E-state index in [1.807, 2.05) is 0 Å². The molecule has 3 unspecified atom stereocenters. The fourth-order valence-corrected chi connectivity index (χ4v) is 3.91. The lowest BCUT2D eigenvalue weighted by Crippen LogP contribution is -2.57. The molecule has 1 fully saturated rings. The molecule has 126 valence electrons. The van der Waals surface area contributed by atoms with E-state index in [1.165, 1.54) is 11.8 Å². The summed E-state index contributed by atoms with van der Waals surface area (Å²) in [4.78, 5) is 0. The van der Waals surface area contributed by atoms with Gasteiger partial charge in [-0.25, -0.2) is 0 Å². The van der Waals surface area contributed by atoms with Crippen LogP contribution in [0.25, 0.3) is 0 Å². The maximum Gasteiger partial charge on any atom is 0.132 e. The van der Waals surface area contributed by atoms with Crippen molar-refractivity contribution in [1.29, 1.82) is 0 Å². The SMILES string of the molecule is CC[C@@H](C)[C@@H](C)[C@@H](C)CS[C@@H]1OC(CO)[C@H](O)C(O)C1O. The Morgan fingerprint density at radius 2 is 1.62 bits per heavy atom. The summed E-state index contributed by atoms with van der Waals surface area (Å²) in [6.45, 7) is 8.44. The van der Waals surface area contributed by atoms with Gasteiger partial charge in [-0.2, -0.15) is 0 Å². The van der Waals surface area contributed by atoms with E-state index >= 15 is 0 Å². The first-order valence-corrected chi connectivity index (χ1v) is 8.80. The van der Waals surface area contributed by atoms with Gasteiger partial charge in [0.2, 0.25) is 0 Å². The first-order valence-electron chi connectivity index (χ1n) is 7.75. The second kappa shape index (κ2) is 8.70. The summed E-state index contributed by atoms with van der Waals surface area (Å²) in [6, 6.07) is 0. The van der Waals surface area contributed by atoms with E-state index in [4.69, 9.17) is 9.84 Å². The van der Waals surface area contributed by atoms with Crippen molar-refractivity contribution in [2.75, 3.05) is 12.4 Å². The maximum atomic E-state index is 9.99. The highest BCUT2D eigenvalue weighted by molar-refractivity contribution is 7.99. The average Bonchev–Trinajstić information content (AvgIpc) is 2.50. The summed E-state index contributed by atoms with van der Waals surface area (Å²) in [7, 11) is 0. The van der Waals surface area contributed by atoms with Crippen LogP contribution in [0.1, 0.15) is 34.1 Å². The number of rotatable bonds is 7. The molecule has 0 spiro atoms. The van der Waals surface area contributed by atoms with Crippen LogP contribution in [0.4, 0.5) is 0 Å². The van der Waals surface area contributed by atoms with Gasteiger partial charge in [0.1, 0.15) is 29.9 Å². The third kappa shape index (κ3) is 4.81. The van der Waals surface area contributed by atoms with Crippen molar-refractivity contribution in [2.45, 2.75) is 64.0 Å². The Morgan fingerprint density at radius 1 is 1.00 bits per heavy atom. The van der Waals surface area contributed by atoms with E-state index in [9.17, 15) is 15.3 Å². The minimum atomic E-state index is -1.28. The van der Waals surface area contributed by atoms with E-state index in [2.05, 4.69) is 27.7 Å². The van der Waals surface area contributed by atoms with Crippen molar-refractivity contribution in [3.05, 3.63) is 0 Å². The Bertz CT molecular complexity index is 302. The number of aliphatic hydroxyl groups excluding tert-OH is 4. The van der Waals surface area contributed by atoms with Gasteiger partial charge in [0.05, 0.1) is 6.61 Å². The molecule has 1 aliphatic heterocycles. The standard InChI is InChI=1S/C15H30O5S/c1-5-8(2)10(4)9(3)7-21-15-14(19)13(18)12(17)11(6-16)20-15/h8-19H,5-7H2,1-4H3/t8-,9+,10-,11?,12+,13?,14?,15+/m1/s1. The maximum absolute atomic E-state index is 9.99. The summed E-state index contributed by atoms with van der Waals surface area (Å²) in [5.41, 5.74) is -0.618. The molecule has 6 heteroatoms. The summed E-state index contributed by atoms with van der Waals surface area (Å²) in [5.74, 6) is 2.45. The minimum Gasteiger partial charge on any atom is -0.394 e. The minimum absolute atomic E-state index is 0.374. The third-order valence-electron chi connectivity index (χ3n) is 4.81. The van der Waals surface area contributed by atoms with Crippen LogP contribution in [0.5, 0.6) is 0 Å². The molecule has 1 saturated heterocycles. The van der Waals surface area contributed by atoms with Crippen molar-refractivity contribution >= 4 is 11.8 Å². The van der Waals surface area contributed by atoms with Crippen LogP contribution < -0.4 is 0 Å². The van der Waals surface area contributed by atoms with Gasteiger partial charge in [0.25, 0.3) is 0 Å². The fourth-order valence-electron chi connectivity index (χ4n) is 2.54. The zero-order chi connectivity index (χ0) is 16.2. The Morgan fingerprint density at radius 3 is 2.14 bits per heavy atom. The molecule has 5 nitrogen and oxygen atoms in total. The Hall–Kier alpha value is 0.150. The van der Waals surface area contributed by atoms with Gasteiger partial charge in [-0.3, -0.25) is 0 Å². The zero-order valence-corrected chi connectivity index (χ0v) is 14.2. The van der Waals surface area contributed by atoms with Crippen LogP contribution in [0.2, 0.25) is 0 Å². The van der Waals surface area contributed by atoms with Gasteiger partial charge in [-0.15, -0.1) is 11.8 Å². The van der Waals surface area contributed by atoms with Gasteiger partial charge in [0, 0.05) is 0 Å². The Kier molecular flexibility index (Phi) is 7.95. The normalized spacial score (nSPS) is 38.0. The van der Waals surface area contributed by atoms with Crippen LogP contribution in [0, 0.1) is 17.8 Å². The van der Waals surface area contributed by atoms with Gasteiger partial charge in [-0.05, 0) is 23.5 Å². The van der Waals surface area contributed by atoms with Crippen LogP contribution in [0.3, 0.4) is 0 Å². The average molecular weight is 322 g/mol. The molecular weight excluding hydrogens is 292 g/mol. The molecule has 0 aliphatic carbocycles. The van der Waals surface area contributed by atoms with E-state index in [0.29, 0.717) is 17.8 Å². The predicted octanol–water partition coefficient (Wildman–Crippen LogP) is 0.838. The molecule has 0 aromatic rings. The largest absolute Gasteiger partial charge is 0.394 e. The van der Waals surface area contributed by atoms with Crippen molar-refractivity contribution in [2.24, 2.45) is 17.8 Å². The highest BCUT2D eigenvalue weighted by Gasteiger charge is 2.43. The third-order valence-corrected chi connectivity index (χ3v) is 6.25. The lowest BCUT2D eigenvalue weighted by Gasteiger charge is -2.40. The molecular formula is C15H30O5S. The van der Waals surface area contributed by atoms with Crippen molar-refractivity contribution in [3.8, 4) is 0 Å². The molecule has 1 aliphatic rings. The zero-order valence-electron chi connectivity index (χ0n) is 13.3. The smallest absolute Gasteiger partial charge is 0.132 e. The molecule has 4 N–H and O–H groups in total. The summed E-state index contributed by atoms with van der Waals surface area (Å²) in [6.07, 6.45) is -3.38. The van der Waals surface area contributed by atoms with Crippen LogP contribution in [-0.4, -0.2) is 62.6 Å². The molecule has 0 amide bonds. The monoisotopic (exact) mass is 322 g/mol. The van der Waals surface area contributed by atoms with Gasteiger partial charge >= 0.3 is 0 Å². The fraction of sp³-hybridized carbons (Fsp3) is 1.00. The molecule has 0 aromatic carbocycles. The number of thioether (sulfide) groups is 1. The lowest BCUT2D eigenvalue weighted by atomic mass is 9.85. The Balaban J connectivity index is 2.53. The van der Waals surface area contributed by atoms with Crippen LogP contribution in [0.15, 0.2) is 0 Å². The number of hydrogen-bond donors (Lipinski definition) is 4. The first kappa shape index (κ1) is 19.2. The van der Waals surface area contributed by atoms with E-state index in [-0.39, 0.29) is 6.61 Å². The Labute approximate surface area is 131 Å². The second-order valence-electron chi connectivity index (χ2n) is 6.25. The van der Waals surface area contributed by atoms with E-state index in [1.54, 1.807) is 0 Å². The first-order chi connectivity index (χ1) is 9.83. The highest BCUT2D eigenvalue weighted by Crippen LogP contribution is 2.32. The summed E-state index contributed by atoms with van der Waals surface area (Å²) in [5, 5.41) is 38.7. The van der Waals surface area contributed by atoms with Gasteiger partial charge in [0.15, 0.2) is 0 Å². The van der Waals surface area contributed by atoms with Gasteiger partial charge in [-0.1, -0.05) is 34.1 Å². The lowest BCUT2D eigenvalue weighted by molar-refractivity contribution is -0.205. The van der Waals surface area contributed by atoms with E-state index < -0.39 is 29.9 Å². The van der Waals surface area contributed by atoms with E-state index in [0.717, 1.165) is 12.2 Å². The predicted molar refractivity (Wildman–Crippen MR) is 84.0 cm³/mol. The quantitative estimate of drug-likeness (QED) is 0.555. The molecule has 0 bridgehead atoms. The molecule has 8 atom stereocenters. The molecule has 0 saturated carbocycles. The van der Waals surface area contributed by atoms with Gasteiger partial charge < -0.3 is 25.2 Å². The van der Waals surface area contributed by atoms with Crippen LogP contribution >= 0.6 is 11.8 Å². The number of ether oxygens (including phenoxy) is 1. The molecule has 1 rings (SSSR count). The highest BCUT2D eigenvalue weighted by atomic mass is 32.2. The number of aliphatic hydroxyl groups is 4. The molecule has 0 radical (unpaired) electrons. The summed E-state index contributed by atoms with van der Waals surface area (Å²) >= 11 is 1.44. The topological polar surface area (TPSA) is 90.2 Å². The molecule has 1 heterocycles. The molecule has 21 heavy (non-hydrogen) atoms. The number of hydrogen-bond acceptors (Lipinski definition) is 6. The summed E-state index contributed by atoms with van der Waals surface area (Å²) < 4.78 is 5.50. The van der Waals surface area contributed by atoms with Crippen LogP contribution in [-0.2, 0) is 4.74 Å². The molecule has 0 aromatic heterocycles. The van der Waals surface area contributed by atoms with Crippen molar-refractivity contribution in [1.82, 2.24) is 0 Å². The van der Waals surface area contributed by atoms with Crippen molar-refractivity contribution < 1.29 is 25.2 Å².